The molecule has 7 heteroatoms. The highest BCUT2D eigenvalue weighted by Gasteiger charge is 2.76. The molecule has 0 aromatic heterocycles. The van der Waals surface area contributed by atoms with Gasteiger partial charge in [-0.3, -0.25) is 0 Å². The van der Waals surface area contributed by atoms with Gasteiger partial charge in [0, 0.05) is 16.7 Å². The molecule has 6 nitrogen and oxygen atoms in total. The van der Waals surface area contributed by atoms with Gasteiger partial charge in [-0.05, 0) is 46.5 Å². The molecule has 160 valence electrons. The molecule has 5 rings (SSSR count). The summed E-state index contributed by atoms with van der Waals surface area (Å²) in [6, 6.07) is 0. The first-order valence-corrected chi connectivity index (χ1v) is 11.8. The van der Waals surface area contributed by atoms with Crippen LogP contribution >= 0.6 is 15.9 Å². The van der Waals surface area contributed by atoms with Crippen LogP contribution in [0.2, 0.25) is 0 Å². The lowest BCUT2D eigenvalue weighted by Gasteiger charge is -2.44. The zero-order chi connectivity index (χ0) is 19.9. The smallest absolute Gasteiger partial charge is 0.188 e. The van der Waals surface area contributed by atoms with Gasteiger partial charge in [0.2, 0.25) is 0 Å². The van der Waals surface area contributed by atoms with Crippen molar-refractivity contribution < 1.29 is 28.4 Å². The summed E-state index contributed by atoms with van der Waals surface area (Å²) in [6.45, 7) is 11.5. The Hall–Kier alpha value is 0.240. The minimum atomic E-state index is -0.638. The Morgan fingerprint density at radius 3 is 2.32 bits per heavy atom. The molecule has 1 saturated carbocycles. The van der Waals surface area contributed by atoms with E-state index in [9.17, 15) is 0 Å². The molecular weight excluding hydrogens is 428 g/mol. The van der Waals surface area contributed by atoms with Crippen molar-refractivity contribution in [1.82, 2.24) is 0 Å². The lowest BCUT2D eigenvalue weighted by atomic mass is 9.62. The van der Waals surface area contributed by atoms with Crippen LogP contribution in [0.5, 0.6) is 0 Å². The maximum atomic E-state index is 6.60. The molecule has 1 spiro atoms. The zero-order valence-electron chi connectivity index (χ0n) is 17.5. The Bertz CT molecular complexity index is 640. The fraction of sp³-hybridized carbons (Fsp3) is 1.00. The fourth-order valence-electron chi connectivity index (χ4n) is 6.73. The van der Waals surface area contributed by atoms with E-state index in [0.717, 1.165) is 31.2 Å². The molecule has 5 fully saturated rings. The number of fused-ring (bicyclic) bond motifs is 4. The predicted octanol–water partition coefficient (Wildman–Crippen LogP) is 3.60. The molecule has 4 heterocycles. The van der Waals surface area contributed by atoms with E-state index < -0.39 is 11.6 Å². The first-order chi connectivity index (χ1) is 13.2. The van der Waals surface area contributed by atoms with Gasteiger partial charge in [-0.25, -0.2) is 0 Å². The highest BCUT2D eigenvalue weighted by atomic mass is 79.9. The van der Waals surface area contributed by atoms with Crippen LogP contribution in [-0.2, 0) is 28.4 Å². The van der Waals surface area contributed by atoms with Gasteiger partial charge in [0.15, 0.2) is 17.9 Å². The van der Waals surface area contributed by atoms with E-state index in [4.69, 9.17) is 28.4 Å². The lowest BCUT2D eigenvalue weighted by Crippen LogP contribution is -2.54. The van der Waals surface area contributed by atoms with E-state index in [1.54, 1.807) is 0 Å². The van der Waals surface area contributed by atoms with Crippen molar-refractivity contribution in [2.75, 3.05) is 18.5 Å². The van der Waals surface area contributed by atoms with E-state index >= 15 is 0 Å². The van der Waals surface area contributed by atoms with Crippen molar-refractivity contribution >= 4 is 15.9 Å². The summed E-state index contributed by atoms with van der Waals surface area (Å²) >= 11 is 3.78. The van der Waals surface area contributed by atoms with Crippen LogP contribution in [0.3, 0.4) is 0 Å². The van der Waals surface area contributed by atoms with Crippen LogP contribution in [0.1, 0.15) is 53.9 Å². The molecule has 0 aromatic carbocycles. The molecule has 0 N–H and O–H groups in total. The van der Waals surface area contributed by atoms with Crippen molar-refractivity contribution in [3.63, 3.8) is 0 Å². The van der Waals surface area contributed by atoms with Crippen molar-refractivity contribution in [3.8, 4) is 0 Å². The molecule has 1 aliphatic carbocycles. The van der Waals surface area contributed by atoms with Crippen molar-refractivity contribution in [2.24, 2.45) is 17.3 Å². The molecule has 0 unspecified atom stereocenters. The Morgan fingerprint density at radius 2 is 1.68 bits per heavy atom. The Kier molecular flexibility index (Phi) is 4.59. The predicted molar refractivity (Wildman–Crippen MR) is 105 cm³/mol. The quantitative estimate of drug-likeness (QED) is 0.599. The first-order valence-electron chi connectivity index (χ1n) is 10.7. The largest absolute Gasteiger partial charge is 0.374 e. The number of ether oxygens (including phenoxy) is 6. The highest BCUT2D eigenvalue weighted by molar-refractivity contribution is 9.09. The molecule has 8 atom stereocenters. The lowest BCUT2D eigenvalue weighted by molar-refractivity contribution is -0.243. The number of hydrogen-bond donors (Lipinski definition) is 0. The van der Waals surface area contributed by atoms with E-state index in [-0.39, 0.29) is 35.6 Å². The van der Waals surface area contributed by atoms with Gasteiger partial charge >= 0.3 is 0 Å². The highest BCUT2D eigenvalue weighted by Crippen LogP contribution is 2.68. The summed E-state index contributed by atoms with van der Waals surface area (Å²) < 4.78 is 38.0. The molecule has 0 radical (unpaired) electrons. The normalized spacial score (nSPS) is 53.8. The molecule has 4 aliphatic heterocycles. The van der Waals surface area contributed by atoms with Crippen LogP contribution in [0.4, 0.5) is 0 Å². The molecule has 5 aliphatic rings. The number of hydrogen-bond acceptors (Lipinski definition) is 6. The molecular formula is C21H33BrO6. The summed E-state index contributed by atoms with van der Waals surface area (Å²) in [5.74, 6) is -0.405. The second-order valence-corrected chi connectivity index (χ2v) is 10.7. The third kappa shape index (κ3) is 2.66. The molecule has 0 aromatic rings. The van der Waals surface area contributed by atoms with Crippen LogP contribution in [0, 0.1) is 17.3 Å². The van der Waals surface area contributed by atoms with Gasteiger partial charge in [-0.1, -0.05) is 29.3 Å². The van der Waals surface area contributed by atoms with Crippen LogP contribution in [-0.4, -0.2) is 60.3 Å². The van der Waals surface area contributed by atoms with E-state index in [1.165, 1.54) is 0 Å². The monoisotopic (exact) mass is 460 g/mol. The standard InChI is InChI=1S/C21H33BrO6/c1-6-12-9-24-20(11-22)7-8-21(14(12)20)15(13-10-23-18(2,3)26-13)25-17-16(21)27-19(4,5)28-17/h12-17H,6-11H2,1-5H3/t12-,13-,14-,15-,16+,17-,20+,21-/m1/s1. The topological polar surface area (TPSA) is 55.4 Å². The minimum absolute atomic E-state index is 0.110. The van der Waals surface area contributed by atoms with Gasteiger partial charge in [0.05, 0.1) is 24.9 Å². The Balaban J connectivity index is 1.58. The summed E-state index contributed by atoms with van der Waals surface area (Å²) in [5.41, 5.74) is -0.361. The number of alkyl halides is 1. The molecule has 0 amide bonds. The van der Waals surface area contributed by atoms with Gasteiger partial charge < -0.3 is 28.4 Å². The average Bonchev–Trinajstić information content (AvgIpc) is 3.37. The summed E-state index contributed by atoms with van der Waals surface area (Å²) in [4.78, 5) is 0. The Morgan fingerprint density at radius 1 is 0.893 bits per heavy atom. The second kappa shape index (κ2) is 6.38. The van der Waals surface area contributed by atoms with Crippen LogP contribution in [0.25, 0.3) is 0 Å². The van der Waals surface area contributed by atoms with E-state index in [2.05, 4.69) is 22.9 Å². The van der Waals surface area contributed by atoms with Crippen LogP contribution < -0.4 is 0 Å². The van der Waals surface area contributed by atoms with Crippen LogP contribution in [0.15, 0.2) is 0 Å². The van der Waals surface area contributed by atoms with Gasteiger partial charge in [-0.15, -0.1) is 0 Å². The van der Waals surface area contributed by atoms with Crippen molar-refractivity contribution in [3.05, 3.63) is 0 Å². The van der Waals surface area contributed by atoms with E-state index in [1.807, 2.05) is 27.7 Å². The van der Waals surface area contributed by atoms with Gasteiger partial charge in [0.25, 0.3) is 0 Å². The summed E-state index contributed by atoms with van der Waals surface area (Å²) in [5, 5.41) is 0.838. The molecule has 4 saturated heterocycles. The van der Waals surface area contributed by atoms with E-state index in [0.29, 0.717) is 18.4 Å². The third-order valence-electron chi connectivity index (χ3n) is 7.70. The molecule has 28 heavy (non-hydrogen) atoms. The zero-order valence-corrected chi connectivity index (χ0v) is 19.1. The third-order valence-corrected chi connectivity index (χ3v) is 8.65. The maximum Gasteiger partial charge on any atom is 0.188 e. The van der Waals surface area contributed by atoms with Crippen molar-refractivity contribution in [1.29, 1.82) is 0 Å². The first kappa shape index (κ1) is 20.2. The summed E-state index contributed by atoms with van der Waals surface area (Å²) in [6.07, 6.45) is 2.36. The second-order valence-electron chi connectivity index (χ2n) is 10.1. The number of rotatable bonds is 3. The SMILES string of the molecule is CC[C@@H]1CO[C@]2(CBr)CC[C@]3([C@@H]([C@H]4COC(C)(C)O4)O[C@@H]4OC(C)(C)O[C@@H]43)[C@H]12. The maximum absolute atomic E-state index is 6.60. The fourth-order valence-corrected chi connectivity index (χ4v) is 7.52. The molecule has 0 bridgehead atoms. The van der Waals surface area contributed by atoms with Gasteiger partial charge in [0.1, 0.15) is 12.2 Å². The number of halogens is 1. The summed E-state index contributed by atoms with van der Waals surface area (Å²) in [7, 11) is 0. The average molecular weight is 461 g/mol. The Labute approximate surface area is 176 Å². The minimum Gasteiger partial charge on any atom is -0.374 e. The van der Waals surface area contributed by atoms with Gasteiger partial charge in [-0.2, -0.15) is 0 Å². The van der Waals surface area contributed by atoms with Crippen molar-refractivity contribution in [2.45, 2.75) is 95.7 Å².